The number of nitrogens with two attached hydrogens (primary N) is 1. The average molecular weight is 316 g/mol. The number of aromatic nitrogens is 4. The highest BCUT2D eigenvalue weighted by Crippen LogP contribution is 2.39. The van der Waals surface area contributed by atoms with Gasteiger partial charge in [-0.1, -0.05) is 17.7 Å². The Hall–Kier alpha value is -2.18. The van der Waals surface area contributed by atoms with Crippen LogP contribution in [0.1, 0.15) is 24.7 Å². The summed E-state index contributed by atoms with van der Waals surface area (Å²) in [5.74, 6) is 0.902. The summed E-state index contributed by atoms with van der Waals surface area (Å²) in [6.45, 7) is 0. The number of rotatable bonds is 3. The summed E-state index contributed by atoms with van der Waals surface area (Å²) in [5.41, 5.74) is 7.27. The van der Waals surface area contributed by atoms with E-state index in [4.69, 9.17) is 17.3 Å². The van der Waals surface area contributed by atoms with E-state index in [9.17, 15) is 4.79 Å². The molecule has 112 valence electrons. The maximum Gasteiger partial charge on any atom is 0.266 e. The number of nitrogens with zero attached hydrogens (tertiary/aromatic N) is 3. The molecule has 1 atom stereocenters. The van der Waals surface area contributed by atoms with Gasteiger partial charge in [0.05, 0.1) is 33.9 Å². The van der Waals surface area contributed by atoms with Crippen molar-refractivity contribution in [1.29, 1.82) is 0 Å². The topological polar surface area (TPSA) is 89.6 Å². The Morgan fingerprint density at radius 2 is 2.23 bits per heavy atom. The third-order valence-corrected chi connectivity index (χ3v) is 4.35. The molecule has 6 nitrogen and oxygen atoms in total. The molecule has 2 aromatic heterocycles. The van der Waals surface area contributed by atoms with E-state index in [0.29, 0.717) is 33.4 Å². The zero-order valence-electron chi connectivity index (χ0n) is 11.7. The first-order valence-corrected chi connectivity index (χ1v) is 7.50. The lowest BCUT2D eigenvalue weighted by molar-refractivity contribution is 0.574. The zero-order valence-corrected chi connectivity index (χ0v) is 12.4. The Balaban J connectivity index is 2.08. The summed E-state index contributed by atoms with van der Waals surface area (Å²) in [5, 5.41) is 7.57. The molecule has 0 amide bonds. The van der Waals surface area contributed by atoms with E-state index in [2.05, 4.69) is 15.2 Å². The molecule has 1 aromatic carbocycles. The lowest BCUT2D eigenvalue weighted by atomic mass is 10.1. The highest BCUT2D eigenvalue weighted by atomic mass is 35.5. The lowest BCUT2D eigenvalue weighted by Crippen LogP contribution is -2.29. The summed E-state index contributed by atoms with van der Waals surface area (Å²) in [6.07, 6.45) is 5.36. The predicted molar refractivity (Wildman–Crippen MR) is 84.1 cm³/mol. The van der Waals surface area contributed by atoms with E-state index in [1.54, 1.807) is 30.6 Å². The SMILES string of the molecule is N[C@H](c1nc2c(Cl)cccc2c(=O)n1-c1cn[nH]c1)C1CC1. The second-order valence-corrected chi connectivity index (χ2v) is 5.97. The molecular weight excluding hydrogens is 302 g/mol. The molecule has 4 rings (SSSR count). The molecule has 0 spiro atoms. The van der Waals surface area contributed by atoms with Crippen molar-refractivity contribution in [3.63, 3.8) is 0 Å². The molecule has 22 heavy (non-hydrogen) atoms. The van der Waals surface area contributed by atoms with Crippen LogP contribution in [-0.2, 0) is 0 Å². The number of H-pyrrole nitrogens is 1. The van der Waals surface area contributed by atoms with Gasteiger partial charge in [0.1, 0.15) is 5.82 Å². The predicted octanol–water partition coefficient (Wildman–Crippen LogP) is 2.17. The van der Waals surface area contributed by atoms with E-state index in [1.807, 2.05) is 0 Å². The van der Waals surface area contributed by atoms with Crippen LogP contribution in [-0.4, -0.2) is 19.7 Å². The minimum absolute atomic E-state index is 0.181. The summed E-state index contributed by atoms with van der Waals surface area (Å²) in [6, 6.07) is 4.90. The van der Waals surface area contributed by atoms with Crippen LogP contribution in [0, 0.1) is 5.92 Å². The maximum absolute atomic E-state index is 12.9. The highest BCUT2D eigenvalue weighted by Gasteiger charge is 2.33. The van der Waals surface area contributed by atoms with Crippen LogP contribution < -0.4 is 11.3 Å². The highest BCUT2D eigenvalue weighted by molar-refractivity contribution is 6.34. The normalized spacial score (nSPS) is 16.1. The third kappa shape index (κ3) is 2.03. The van der Waals surface area contributed by atoms with Crippen LogP contribution in [0.2, 0.25) is 5.02 Å². The van der Waals surface area contributed by atoms with Gasteiger partial charge in [0.25, 0.3) is 5.56 Å². The van der Waals surface area contributed by atoms with Crippen molar-refractivity contribution in [1.82, 2.24) is 19.7 Å². The second-order valence-electron chi connectivity index (χ2n) is 5.57. The first kappa shape index (κ1) is 13.5. The van der Waals surface area contributed by atoms with Crippen molar-refractivity contribution in [3.05, 3.63) is 51.8 Å². The van der Waals surface area contributed by atoms with E-state index >= 15 is 0 Å². The van der Waals surface area contributed by atoms with Crippen LogP contribution in [0.25, 0.3) is 16.6 Å². The molecule has 0 unspecified atom stereocenters. The van der Waals surface area contributed by atoms with Gasteiger partial charge in [-0.25, -0.2) is 4.98 Å². The van der Waals surface area contributed by atoms with Gasteiger partial charge >= 0.3 is 0 Å². The third-order valence-electron chi connectivity index (χ3n) is 4.05. The van der Waals surface area contributed by atoms with Crippen molar-refractivity contribution < 1.29 is 0 Å². The molecule has 1 saturated carbocycles. The van der Waals surface area contributed by atoms with Crippen molar-refractivity contribution in [2.45, 2.75) is 18.9 Å². The smallest absolute Gasteiger partial charge is 0.266 e. The maximum atomic E-state index is 12.9. The molecule has 0 bridgehead atoms. The number of hydrogen-bond donors (Lipinski definition) is 2. The monoisotopic (exact) mass is 315 g/mol. The molecule has 1 fully saturated rings. The fraction of sp³-hybridized carbons (Fsp3) is 0.267. The van der Waals surface area contributed by atoms with Crippen molar-refractivity contribution >= 4 is 22.5 Å². The Morgan fingerprint density at radius 3 is 2.91 bits per heavy atom. The van der Waals surface area contributed by atoms with Crippen molar-refractivity contribution in [2.75, 3.05) is 0 Å². The number of fused-ring (bicyclic) bond motifs is 1. The van der Waals surface area contributed by atoms with Crippen LogP contribution >= 0.6 is 11.6 Å². The molecule has 1 aliphatic rings. The average Bonchev–Trinajstić information content (AvgIpc) is 3.23. The number of nitrogens with one attached hydrogen (secondary N) is 1. The summed E-state index contributed by atoms with van der Waals surface area (Å²) in [4.78, 5) is 17.5. The van der Waals surface area contributed by atoms with Gasteiger partial charge < -0.3 is 5.73 Å². The largest absolute Gasteiger partial charge is 0.321 e. The van der Waals surface area contributed by atoms with Gasteiger partial charge in [-0.2, -0.15) is 5.10 Å². The van der Waals surface area contributed by atoms with E-state index in [-0.39, 0.29) is 11.6 Å². The van der Waals surface area contributed by atoms with Gasteiger partial charge in [-0.3, -0.25) is 14.5 Å². The number of aromatic amines is 1. The standard InChI is InChI=1S/C15H14ClN5O/c16-11-3-1-2-10-13(11)20-14(12(17)8-4-5-8)21(15(10)22)9-6-18-19-7-9/h1-3,6-8,12H,4-5,17H2,(H,18,19)/t12-/m0/s1. The Kier molecular flexibility index (Phi) is 3.02. The Labute approximate surface area is 130 Å². The molecule has 2 heterocycles. The van der Waals surface area contributed by atoms with E-state index in [0.717, 1.165) is 12.8 Å². The molecule has 0 aliphatic heterocycles. The lowest BCUT2D eigenvalue weighted by Gasteiger charge is -2.17. The molecule has 3 N–H and O–H groups in total. The second kappa shape index (κ2) is 4.93. The van der Waals surface area contributed by atoms with Crippen LogP contribution in [0.5, 0.6) is 0 Å². The van der Waals surface area contributed by atoms with Crippen LogP contribution in [0.15, 0.2) is 35.4 Å². The number of para-hydroxylation sites is 1. The summed E-state index contributed by atoms with van der Waals surface area (Å²) >= 11 is 6.21. The Morgan fingerprint density at radius 1 is 1.41 bits per heavy atom. The van der Waals surface area contributed by atoms with E-state index < -0.39 is 0 Å². The first-order chi connectivity index (χ1) is 10.7. The number of hydrogen-bond acceptors (Lipinski definition) is 4. The first-order valence-electron chi connectivity index (χ1n) is 7.12. The van der Waals surface area contributed by atoms with Gasteiger partial charge in [0, 0.05) is 6.20 Å². The van der Waals surface area contributed by atoms with Crippen molar-refractivity contribution in [2.24, 2.45) is 11.7 Å². The number of benzene rings is 1. The fourth-order valence-electron chi connectivity index (χ4n) is 2.70. The molecule has 7 heteroatoms. The van der Waals surface area contributed by atoms with Gasteiger partial charge in [-0.05, 0) is 30.9 Å². The fourth-order valence-corrected chi connectivity index (χ4v) is 2.91. The zero-order chi connectivity index (χ0) is 15.3. The molecule has 0 saturated heterocycles. The number of halogens is 1. The molecule has 1 aliphatic carbocycles. The minimum Gasteiger partial charge on any atom is -0.321 e. The molecular formula is C15H14ClN5O. The van der Waals surface area contributed by atoms with Gasteiger partial charge in [-0.15, -0.1) is 0 Å². The summed E-state index contributed by atoms with van der Waals surface area (Å²) in [7, 11) is 0. The van der Waals surface area contributed by atoms with E-state index in [1.165, 1.54) is 4.57 Å². The minimum atomic E-state index is -0.289. The van der Waals surface area contributed by atoms with Crippen LogP contribution in [0.3, 0.4) is 0 Å². The molecule has 3 aromatic rings. The molecule has 0 radical (unpaired) electrons. The van der Waals surface area contributed by atoms with Gasteiger partial charge in [0.15, 0.2) is 0 Å². The van der Waals surface area contributed by atoms with Gasteiger partial charge in [0.2, 0.25) is 0 Å². The summed E-state index contributed by atoms with van der Waals surface area (Å²) < 4.78 is 1.53. The quantitative estimate of drug-likeness (QED) is 0.775. The van der Waals surface area contributed by atoms with Crippen LogP contribution in [0.4, 0.5) is 0 Å². The Bertz CT molecular complexity index is 898. The van der Waals surface area contributed by atoms with Crippen molar-refractivity contribution in [3.8, 4) is 5.69 Å².